The average molecular weight is 273 g/mol. The van der Waals surface area contributed by atoms with Crippen molar-refractivity contribution >= 4 is 5.91 Å². The van der Waals surface area contributed by atoms with Gasteiger partial charge in [-0.1, -0.05) is 19.8 Å². The minimum atomic E-state index is -5.08. The summed E-state index contributed by atoms with van der Waals surface area (Å²) in [5.41, 5.74) is 0. The van der Waals surface area contributed by atoms with E-state index < -0.39 is 30.5 Å². The van der Waals surface area contributed by atoms with E-state index in [1.807, 2.05) is 6.92 Å². The Bertz CT molecular complexity index is 302. The third-order valence-electron chi connectivity index (χ3n) is 3.18. The smallest absolute Gasteiger partial charge is 0.329 e. The second-order valence-electron chi connectivity index (χ2n) is 4.61. The number of halogens is 5. The molecule has 0 aliphatic carbocycles. The van der Waals surface area contributed by atoms with Gasteiger partial charge in [-0.2, -0.15) is 13.2 Å². The van der Waals surface area contributed by atoms with Crippen molar-refractivity contribution in [1.82, 2.24) is 4.90 Å². The van der Waals surface area contributed by atoms with Gasteiger partial charge in [0, 0.05) is 12.5 Å². The molecule has 1 atom stereocenters. The molecule has 0 radical (unpaired) electrons. The summed E-state index contributed by atoms with van der Waals surface area (Å²) in [6.45, 7) is 0.489. The first-order valence-electron chi connectivity index (χ1n) is 5.92. The molecule has 1 fully saturated rings. The molecule has 1 heterocycles. The van der Waals surface area contributed by atoms with Crippen molar-refractivity contribution in [1.29, 1.82) is 0 Å². The van der Waals surface area contributed by atoms with Crippen LogP contribution in [-0.2, 0) is 4.79 Å². The van der Waals surface area contributed by atoms with E-state index >= 15 is 0 Å². The molecule has 1 unspecified atom stereocenters. The summed E-state index contributed by atoms with van der Waals surface area (Å²) in [4.78, 5) is 11.1. The highest BCUT2D eigenvalue weighted by molar-refractivity contribution is 5.82. The Kier molecular flexibility index (Phi) is 4.55. The Morgan fingerprint density at radius 2 is 2.00 bits per heavy atom. The monoisotopic (exact) mass is 273 g/mol. The van der Waals surface area contributed by atoms with E-state index in [4.69, 9.17) is 0 Å². The van der Waals surface area contributed by atoms with Crippen LogP contribution in [0.15, 0.2) is 0 Å². The van der Waals surface area contributed by atoms with Gasteiger partial charge in [0.05, 0.1) is 6.54 Å². The molecule has 0 aromatic carbocycles. The zero-order chi connectivity index (χ0) is 14.0. The van der Waals surface area contributed by atoms with Crippen LogP contribution in [0.25, 0.3) is 0 Å². The first-order valence-corrected chi connectivity index (χ1v) is 5.92. The highest BCUT2D eigenvalue weighted by Crippen LogP contribution is 2.37. The number of hydrogen-bond acceptors (Lipinski definition) is 1. The van der Waals surface area contributed by atoms with Gasteiger partial charge < -0.3 is 4.90 Å². The number of piperidine rings is 1. The first-order chi connectivity index (χ1) is 8.18. The van der Waals surface area contributed by atoms with Crippen LogP contribution in [-0.4, -0.2) is 36.0 Å². The van der Waals surface area contributed by atoms with Gasteiger partial charge in [-0.05, 0) is 12.8 Å². The largest absolute Gasteiger partial charge is 0.471 e. The molecule has 2 nitrogen and oxygen atoms in total. The molecule has 1 saturated heterocycles. The van der Waals surface area contributed by atoms with E-state index in [0.717, 1.165) is 6.42 Å². The molecular formula is C11H16F5NO. The summed E-state index contributed by atoms with van der Waals surface area (Å²) in [7, 11) is 0. The predicted molar refractivity (Wildman–Crippen MR) is 55.2 cm³/mol. The minimum absolute atomic E-state index is 0.0746. The molecule has 1 aliphatic heterocycles. The highest BCUT2D eigenvalue weighted by Gasteiger charge is 2.50. The van der Waals surface area contributed by atoms with Crippen molar-refractivity contribution in [3.8, 4) is 0 Å². The van der Waals surface area contributed by atoms with Gasteiger partial charge in [0.15, 0.2) is 0 Å². The van der Waals surface area contributed by atoms with Crippen LogP contribution >= 0.6 is 0 Å². The number of amides is 1. The van der Waals surface area contributed by atoms with E-state index in [1.165, 1.54) is 0 Å². The van der Waals surface area contributed by atoms with Crippen molar-refractivity contribution in [2.24, 2.45) is 5.92 Å². The summed E-state index contributed by atoms with van der Waals surface area (Å²) in [5.74, 6) is -6.32. The summed E-state index contributed by atoms with van der Waals surface area (Å²) >= 11 is 0. The fraction of sp³-hybridized carbons (Fsp3) is 0.909. The Morgan fingerprint density at radius 3 is 2.44 bits per heavy atom. The van der Waals surface area contributed by atoms with Crippen LogP contribution in [0.3, 0.4) is 0 Å². The lowest BCUT2D eigenvalue weighted by molar-refractivity contribution is -0.196. The van der Waals surface area contributed by atoms with E-state index in [-0.39, 0.29) is 24.3 Å². The average Bonchev–Trinajstić information content (AvgIpc) is 2.24. The summed E-state index contributed by atoms with van der Waals surface area (Å²) in [6, 6.07) is 0. The van der Waals surface area contributed by atoms with Gasteiger partial charge in [0.2, 0.25) is 0 Å². The van der Waals surface area contributed by atoms with Crippen molar-refractivity contribution in [3.63, 3.8) is 0 Å². The molecular weight excluding hydrogens is 257 g/mol. The Labute approximate surface area is 102 Å². The van der Waals surface area contributed by atoms with Gasteiger partial charge in [-0.15, -0.1) is 0 Å². The normalized spacial score (nSPS) is 24.1. The number of alkyl halides is 5. The second kappa shape index (κ2) is 5.40. The maximum atomic E-state index is 13.6. The molecule has 18 heavy (non-hydrogen) atoms. The van der Waals surface area contributed by atoms with Gasteiger partial charge >= 0.3 is 12.1 Å². The number of hydrogen-bond donors (Lipinski definition) is 0. The maximum Gasteiger partial charge on any atom is 0.471 e. The molecule has 1 aliphatic rings. The fourth-order valence-corrected chi connectivity index (χ4v) is 2.14. The van der Waals surface area contributed by atoms with E-state index in [9.17, 15) is 26.7 Å². The number of likely N-dealkylation sites (tertiary alicyclic amines) is 1. The first kappa shape index (κ1) is 15.2. The number of nitrogens with zero attached hydrogens (tertiary/aromatic N) is 1. The standard InChI is InChI=1S/C11H16F5NO/c1-2-3-4-8-5-6-17(7-10(8,12)13)9(18)11(14,15)16/h8H,2-7H2,1H3. The fourth-order valence-electron chi connectivity index (χ4n) is 2.14. The molecule has 0 N–H and O–H groups in total. The topological polar surface area (TPSA) is 20.3 Å². The third-order valence-corrected chi connectivity index (χ3v) is 3.18. The highest BCUT2D eigenvalue weighted by atomic mass is 19.4. The molecule has 0 saturated carbocycles. The minimum Gasteiger partial charge on any atom is -0.329 e. The molecule has 1 amide bonds. The number of rotatable bonds is 3. The zero-order valence-electron chi connectivity index (χ0n) is 10.1. The molecule has 0 aromatic heterocycles. The van der Waals surface area contributed by atoms with Crippen LogP contribution in [0.5, 0.6) is 0 Å². The van der Waals surface area contributed by atoms with Crippen molar-refractivity contribution in [2.45, 2.75) is 44.7 Å². The Balaban J connectivity index is 2.65. The Morgan fingerprint density at radius 1 is 1.39 bits per heavy atom. The van der Waals surface area contributed by atoms with Crippen LogP contribution in [0, 0.1) is 5.92 Å². The van der Waals surface area contributed by atoms with Gasteiger partial charge in [0.1, 0.15) is 0 Å². The van der Waals surface area contributed by atoms with Gasteiger partial charge in [-0.3, -0.25) is 4.79 Å². The predicted octanol–water partition coefficient (Wildman–Crippen LogP) is 3.22. The SMILES string of the molecule is CCCCC1CCN(C(=O)C(F)(F)F)CC1(F)F. The number of carbonyl (C=O) groups is 1. The van der Waals surface area contributed by atoms with Crippen molar-refractivity contribution in [2.75, 3.05) is 13.1 Å². The quantitative estimate of drug-likeness (QED) is 0.723. The lowest BCUT2D eigenvalue weighted by Gasteiger charge is -2.38. The van der Waals surface area contributed by atoms with E-state index in [1.54, 1.807) is 0 Å². The molecule has 1 rings (SSSR count). The maximum absolute atomic E-state index is 13.6. The van der Waals surface area contributed by atoms with Gasteiger partial charge in [-0.25, -0.2) is 8.78 Å². The molecule has 7 heteroatoms. The van der Waals surface area contributed by atoms with E-state index in [2.05, 4.69) is 0 Å². The Hall–Kier alpha value is -0.880. The summed E-state index contributed by atoms with van der Waals surface area (Å²) < 4.78 is 63.7. The lowest BCUT2D eigenvalue weighted by atomic mass is 9.88. The van der Waals surface area contributed by atoms with Crippen LogP contribution < -0.4 is 0 Å². The van der Waals surface area contributed by atoms with Gasteiger partial charge in [0.25, 0.3) is 5.92 Å². The third kappa shape index (κ3) is 3.55. The lowest BCUT2D eigenvalue weighted by Crippen LogP contribution is -2.53. The molecule has 0 aromatic rings. The summed E-state index contributed by atoms with van der Waals surface area (Å²) in [5, 5.41) is 0. The molecule has 106 valence electrons. The van der Waals surface area contributed by atoms with Crippen LogP contribution in [0.4, 0.5) is 22.0 Å². The molecule has 0 spiro atoms. The molecule has 0 bridgehead atoms. The van der Waals surface area contributed by atoms with Crippen LogP contribution in [0.2, 0.25) is 0 Å². The second-order valence-corrected chi connectivity index (χ2v) is 4.61. The van der Waals surface area contributed by atoms with Crippen molar-refractivity contribution in [3.05, 3.63) is 0 Å². The van der Waals surface area contributed by atoms with Crippen LogP contribution in [0.1, 0.15) is 32.6 Å². The number of carbonyl (C=O) groups excluding carboxylic acids is 1. The zero-order valence-corrected chi connectivity index (χ0v) is 10.1. The number of unbranched alkanes of at least 4 members (excludes halogenated alkanes) is 1. The summed E-state index contributed by atoms with van der Waals surface area (Å²) in [6.07, 6.45) is -3.48. The van der Waals surface area contributed by atoms with Crippen molar-refractivity contribution < 1.29 is 26.7 Å². The van der Waals surface area contributed by atoms with E-state index in [0.29, 0.717) is 6.42 Å².